The van der Waals surface area contributed by atoms with E-state index in [1.54, 1.807) is 7.11 Å². The summed E-state index contributed by atoms with van der Waals surface area (Å²) in [5.41, 5.74) is 1.57. The summed E-state index contributed by atoms with van der Waals surface area (Å²) in [6, 6.07) is 3.92. The average molecular weight is 206 g/mol. The number of fused-ring (bicyclic) bond motifs is 1. The second-order valence-electron chi connectivity index (χ2n) is 3.59. The molecule has 2 aromatic heterocycles. The largest absolute Gasteiger partial charge is 0.383 e. The van der Waals surface area contributed by atoms with Gasteiger partial charge in [0.2, 0.25) is 0 Å². The minimum absolute atomic E-state index is 0.0360. The highest BCUT2D eigenvalue weighted by Gasteiger charge is 2.05. The molecule has 0 bridgehead atoms. The maximum atomic E-state index is 11.7. The van der Waals surface area contributed by atoms with Crippen molar-refractivity contribution in [3.05, 3.63) is 34.4 Å². The SMILES string of the molecule is COCCn1ccc2cc(C)[nH]c(=O)c21. The number of pyridine rings is 1. The first kappa shape index (κ1) is 9.98. The lowest BCUT2D eigenvalue weighted by Crippen LogP contribution is -2.13. The zero-order valence-corrected chi connectivity index (χ0v) is 8.91. The summed E-state index contributed by atoms with van der Waals surface area (Å²) in [5, 5.41) is 0.979. The summed E-state index contributed by atoms with van der Waals surface area (Å²) in [6.07, 6.45) is 1.92. The van der Waals surface area contributed by atoms with Crippen LogP contribution in [0.4, 0.5) is 0 Å². The molecule has 0 aromatic carbocycles. The van der Waals surface area contributed by atoms with Crippen LogP contribution in [0.3, 0.4) is 0 Å². The molecule has 0 spiro atoms. The Hall–Kier alpha value is -1.55. The molecule has 0 aliphatic carbocycles. The Labute approximate surface area is 87.5 Å². The molecule has 2 rings (SSSR count). The number of rotatable bonds is 3. The van der Waals surface area contributed by atoms with Gasteiger partial charge in [0.15, 0.2) is 0 Å². The van der Waals surface area contributed by atoms with Crippen LogP contribution in [0.15, 0.2) is 23.1 Å². The fourth-order valence-corrected chi connectivity index (χ4v) is 1.75. The predicted octanol–water partition coefficient (Wildman–Crippen LogP) is 1.28. The first-order valence-corrected chi connectivity index (χ1v) is 4.90. The Bertz CT molecular complexity index is 525. The van der Waals surface area contributed by atoms with Crippen LogP contribution >= 0.6 is 0 Å². The van der Waals surface area contributed by atoms with Crippen LogP contribution in [0, 0.1) is 6.92 Å². The van der Waals surface area contributed by atoms with Crippen LogP contribution in [0.25, 0.3) is 10.9 Å². The molecule has 4 heteroatoms. The van der Waals surface area contributed by atoms with Gasteiger partial charge >= 0.3 is 0 Å². The molecule has 0 atom stereocenters. The molecular weight excluding hydrogens is 192 g/mol. The maximum Gasteiger partial charge on any atom is 0.272 e. The number of H-pyrrole nitrogens is 1. The van der Waals surface area contributed by atoms with Gasteiger partial charge in [-0.25, -0.2) is 0 Å². The summed E-state index contributed by atoms with van der Waals surface area (Å²) in [4.78, 5) is 14.5. The van der Waals surface area contributed by atoms with E-state index in [9.17, 15) is 4.79 Å². The Morgan fingerprint density at radius 3 is 3.07 bits per heavy atom. The molecule has 4 nitrogen and oxygen atoms in total. The Kier molecular flexibility index (Phi) is 2.60. The van der Waals surface area contributed by atoms with Gasteiger partial charge < -0.3 is 14.3 Å². The summed E-state index contributed by atoms with van der Waals surface area (Å²) < 4.78 is 6.91. The number of hydrogen-bond donors (Lipinski definition) is 1. The summed E-state index contributed by atoms with van der Waals surface area (Å²) in [7, 11) is 1.65. The molecule has 1 N–H and O–H groups in total. The Balaban J connectivity index is 2.54. The number of aryl methyl sites for hydroxylation is 1. The van der Waals surface area contributed by atoms with Gasteiger partial charge in [-0.3, -0.25) is 4.79 Å². The van der Waals surface area contributed by atoms with Crippen molar-refractivity contribution in [3.8, 4) is 0 Å². The van der Waals surface area contributed by atoms with Crippen LogP contribution in [0.1, 0.15) is 5.69 Å². The summed E-state index contributed by atoms with van der Waals surface area (Å²) in [5.74, 6) is 0. The van der Waals surface area contributed by atoms with Gasteiger partial charge in [0.25, 0.3) is 5.56 Å². The van der Waals surface area contributed by atoms with E-state index in [0.29, 0.717) is 13.2 Å². The predicted molar refractivity (Wildman–Crippen MR) is 59.2 cm³/mol. The molecule has 0 saturated heterocycles. The van der Waals surface area contributed by atoms with Crippen molar-refractivity contribution >= 4 is 10.9 Å². The lowest BCUT2D eigenvalue weighted by molar-refractivity contribution is 0.188. The van der Waals surface area contributed by atoms with Gasteiger partial charge in [-0.1, -0.05) is 0 Å². The van der Waals surface area contributed by atoms with E-state index < -0.39 is 0 Å². The normalized spacial score (nSPS) is 11.1. The van der Waals surface area contributed by atoms with Gasteiger partial charge in [0.05, 0.1) is 6.61 Å². The van der Waals surface area contributed by atoms with Crippen LogP contribution < -0.4 is 5.56 Å². The van der Waals surface area contributed by atoms with E-state index in [2.05, 4.69) is 4.98 Å². The van der Waals surface area contributed by atoms with E-state index in [1.165, 1.54) is 0 Å². The number of aromatic nitrogens is 2. The summed E-state index contributed by atoms with van der Waals surface area (Å²) >= 11 is 0. The van der Waals surface area contributed by atoms with Crippen LogP contribution in [-0.4, -0.2) is 23.3 Å². The third-order valence-electron chi connectivity index (χ3n) is 2.43. The Morgan fingerprint density at radius 1 is 1.53 bits per heavy atom. The number of hydrogen-bond acceptors (Lipinski definition) is 2. The highest BCUT2D eigenvalue weighted by Crippen LogP contribution is 2.11. The fourth-order valence-electron chi connectivity index (χ4n) is 1.75. The number of nitrogens with zero attached hydrogens (tertiary/aromatic N) is 1. The van der Waals surface area contributed by atoms with E-state index >= 15 is 0 Å². The summed E-state index contributed by atoms with van der Waals surface area (Å²) in [6.45, 7) is 3.19. The highest BCUT2D eigenvalue weighted by atomic mass is 16.5. The van der Waals surface area contributed by atoms with Crippen molar-refractivity contribution in [2.24, 2.45) is 0 Å². The number of methoxy groups -OCH3 is 1. The molecule has 2 aromatic rings. The molecular formula is C11H14N2O2. The Morgan fingerprint density at radius 2 is 2.33 bits per heavy atom. The quantitative estimate of drug-likeness (QED) is 0.822. The van der Waals surface area contributed by atoms with Crippen molar-refractivity contribution in [2.75, 3.05) is 13.7 Å². The maximum absolute atomic E-state index is 11.7. The van der Waals surface area contributed by atoms with Crippen molar-refractivity contribution in [1.29, 1.82) is 0 Å². The second-order valence-corrected chi connectivity index (χ2v) is 3.59. The molecule has 15 heavy (non-hydrogen) atoms. The zero-order chi connectivity index (χ0) is 10.8. The van der Waals surface area contributed by atoms with Crippen LogP contribution in [-0.2, 0) is 11.3 Å². The molecule has 0 aliphatic rings. The minimum Gasteiger partial charge on any atom is -0.383 e. The molecule has 0 amide bonds. The van der Waals surface area contributed by atoms with Crippen molar-refractivity contribution in [3.63, 3.8) is 0 Å². The first-order valence-electron chi connectivity index (χ1n) is 4.90. The number of ether oxygens (including phenoxy) is 1. The molecule has 0 radical (unpaired) electrons. The van der Waals surface area contributed by atoms with Crippen molar-refractivity contribution < 1.29 is 4.74 Å². The third kappa shape index (κ3) is 1.80. The minimum atomic E-state index is -0.0360. The molecule has 0 aliphatic heterocycles. The van der Waals surface area contributed by atoms with E-state index in [1.807, 2.05) is 29.8 Å². The van der Waals surface area contributed by atoms with Crippen molar-refractivity contribution in [1.82, 2.24) is 9.55 Å². The fraction of sp³-hybridized carbons (Fsp3) is 0.364. The second kappa shape index (κ2) is 3.90. The van der Waals surface area contributed by atoms with Gasteiger partial charge in [-0.05, 0) is 19.1 Å². The number of nitrogens with one attached hydrogen (secondary N) is 1. The molecule has 2 heterocycles. The van der Waals surface area contributed by atoms with E-state index in [0.717, 1.165) is 16.6 Å². The topological polar surface area (TPSA) is 47.0 Å². The van der Waals surface area contributed by atoms with E-state index in [-0.39, 0.29) is 5.56 Å². The lowest BCUT2D eigenvalue weighted by atomic mass is 10.3. The van der Waals surface area contributed by atoms with Gasteiger partial charge in [-0.2, -0.15) is 0 Å². The number of aromatic amines is 1. The molecule has 0 fully saturated rings. The average Bonchev–Trinajstić information content (AvgIpc) is 2.58. The molecule has 80 valence electrons. The third-order valence-corrected chi connectivity index (χ3v) is 2.43. The van der Waals surface area contributed by atoms with E-state index in [4.69, 9.17) is 4.74 Å². The standard InChI is InChI=1S/C11H14N2O2/c1-8-7-9-3-4-13(5-6-15-2)10(9)11(14)12-8/h3-4,7H,5-6H2,1-2H3,(H,12,14). The lowest BCUT2D eigenvalue weighted by Gasteiger charge is -2.03. The van der Waals surface area contributed by atoms with Gasteiger partial charge in [-0.15, -0.1) is 0 Å². The van der Waals surface area contributed by atoms with Crippen molar-refractivity contribution in [2.45, 2.75) is 13.5 Å². The van der Waals surface area contributed by atoms with Crippen LogP contribution in [0.2, 0.25) is 0 Å². The van der Waals surface area contributed by atoms with Gasteiger partial charge in [0, 0.05) is 30.9 Å². The molecule has 0 unspecified atom stereocenters. The van der Waals surface area contributed by atoms with Crippen LogP contribution in [0.5, 0.6) is 0 Å². The first-order chi connectivity index (χ1) is 7.22. The van der Waals surface area contributed by atoms with Gasteiger partial charge in [0.1, 0.15) is 5.52 Å². The molecule has 0 saturated carbocycles. The monoisotopic (exact) mass is 206 g/mol. The highest BCUT2D eigenvalue weighted by molar-refractivity contribution is 5.79. The zero-order valence-electron chi connectivity index (χ0n) is 8.91. The smallest absolute Gasteiger partial charge is 0.272 e.